The number of benzene rings is 2. The fourth-order valence-electron chi connectivity index (χ4n) is 2.46. The lowest BCUT2D eigenvalue weighted by Gasteiger charge is -2.08. The van der Waals surface area contributed by atoms with E-state index in [9.17, 15) is 9.59 Å². The van der Waals surface area contributed by atoms with Crippen LogP contribution in [0.25, 0.3) is 6.08 Å². The van der Waals surface area contributed by atoms with Gasteiger partial charge in [-0.15, -0.1) is 0 Å². The molecule has 0 aromatic heterocycles. The Morgan fingerprint density at radius 2 is 1.84 bits per heavy atom. The van der Waals surface area contributed by atoms with Gasteiger partial charge in [0.2, 0.25) is 0 Å². The highest BCUT2D eigenvalue weighted by Gasteiger charge is 2.14. The number of nitrogens with one attached hydrogen (secondary N) is 1. The fraction of sp³-hybridized carbons (Fsp3) is 0.238. The summed E-state index contributed by atoms with van der Waals surface area (Å²) in [5.74, 6) is 0.0756. The van der Waals surface area contributed by atoms with E-state index in [2.05, 4.69) is 17.4 Å². The van der Waals surface area contributed by atoms with Gasteiger partial charge in [0.05, 0.1) is 12.7 Å². The zero-order valence-electron chi connectivity index (χ0n) is 14.6. The predicted octanol–water partition coefficient (Wildman–Crippen LogP) is 3.42. The average molecular weight is 337 g/mol. The number of carbonyl (C=O) groups excluding carboxylic acids is 2. The van der Waals surface area contributed by atoms with Gasteiger partial charge in [-0.25, -0.2) is 0 Å². The molecule has 2 aromatic carbocycles. The summed E-state index contributed by atoms with van der Waals surface area (Å²) in [5.41, 5.74) is 2.13. The predicted molar refractivity (Wildman–Crippen MR) is 99.4 cm³/mol. The largest absolute Gasteiger partial charge is 0.497 e. The van der Waals surface area contributed by atoms with Crippen molar-refractivity contribution in [1.82, 2.24) is 5.32 Å². The molecule has 130 valence electrons. The SMILES string of the molecule is COc1cccc(/C=C(/C(C)=O)C(=O)NCCCc2ccccc2)c1. The summed E-state index contributed by atoms with van der Waals surface area (Å²) in [5, 5.41) is 2.82. The number of hydrogen-bond acceptors (Lipinski definition) is 3. The molecule has 2 rings (SSSR count). The fourth-order valence-corrected chi connectivity index (χ4v) is 2.46. The molecule has 0 aliphatic carbocycles. The number of aryl methyl sites for hydroxylation is 1. The first kappa shape index (κ1) is 18.5. The van der Waals surface area contributed by atoms with Crippen LogP contribution in [0.4, 0.5) is 0 Å². The standard InChI is InChI=1S/C21H23NO3/c1-16(23)20(15-18-10-6-12-19(14-18)25-2)21(24)22-13-7-11-17-8-4-3-5-9-17/h3-6,8-10,12,14-15H,7,11,13H2,1-2H3,(H,22,24)/b20-15-. The van der Waals surface area contributed by atoms with Crippen LogP contribution in [0.3, 0.4) is 0 Å². The molecule has 25 heavy (non-hydrogen) atoms. The van der Waals surface area contributed by atoms with E-state index in [1.165, 1.54) is 12.5 Å². The number of carbonyl (C=O) groups is 2. The highest BCUT2D eigenvalue weighted by atomic mass is 16.5. The van der Waals surface area contributed by atoms with Gasteiger partial charge in [0.25, 0.3) is 5.91 Å². The minimum Gasteiger partial charge on any atom is -0.497 e. The summed E-state index contributed by atoms with van der Waals surface area (Å²) in [6, 6.07) is 17.3. The molecule has 0 saturated carbocycles. The van der Waals surface area contributed by atoms with Crippen LogP contribution in [0, 0.1) is 0 Å². The summed E-state index contributed by atoms with van der Waals surface area (Å²) in [7, 11) is 1.58. The van der Waals surface area contributed by atoms with Crippen molar-refractivity contribution in [3.63, 3.8) is 0 Å². The molecule has 0 atom stereocenters. The summed E-state index contributed by atoms with van der Waals surface area (Å²) in [4.78, 5) is 24.2. The molecular weight excluding hydrogens is 314 g/mol. The maximum atomic E-state index is 12.3. The average Bonchev–Trinajstić information content (AvgIpc) is 2.64. The first-order valence-electron chi connectivity index (χ1n) is 8.29. The van der Waals surface area contributed by atoms with Gasteiger partial charge in [-0.1, -0.05) is 42.5 Å². The molecule has 0 spiro atoms. The molecule has 0 fully saturated rings. The van der Waals surface area contributed by atoms with Crippen molar-refractivity contribution in [2.24, 2.45) is 0 Å². The number of methoxy groups -OCH3 is 1. The second kappa shape index (κ2) is 9.42. The molecule has 0 aliphatic heterocycles. The van der Waals surface area contributed by atoms with Crippen molar-refractivity contribution in [1.29, 1.82) is 0 Å². The van der Waals surface area contributed by atoms with E-state index in [4.69, 9.17) is 4.74 Å². The van der Waals surface area contributed by atoms with Crippen molar-refractivity contribution in [3.05, 3.63) is 71.3 Å². The second-order valence-electron chi connectivity index (χ2n) is 5.74. The third-order valence-electron chi connectivity index (χ3n) is 3.80. The first-order valence-corrected chi connectivity index (χ1v) is 8.29. The Kier molecular flexibility index (Phi) is 6.96. The van der Waals surface area contributed by atoms with Crippen LogP contribution in [0.15, 0.2) is 60.2 Å². The van der Waals surface area contributed by atoms with Crippen molar-refractivity contribution in [2.75, 3.05) is 13.7 Å². The third-order valence-corrected chi connectivity index (χ3v) is 3.80. The monoisotopic (exact) mass is 337 g/mol. The lowest BCUT2D eigenvalue weighted by molar-refractivity contribution is -0.121. The molecule has 0 heterocycles. The molecule has 0 radical (unpaired) electrons. The van der Waals surface area contributed by atoms with Crippen LogP contribution in [0.2, 0.25) is 0 Å². The zero-order chi connectivity index (χ0) is 18.1. The molecule has 1 N–H and O–H groups in total. The highest BCUT2D eigenvalue weighted by molar-refractivity contribution is 6.21. The Bertz CT molecular complexity index is 751. The van der Waals surface area contributed by atoms with E-state index in [0.29, 0.717) is 12.3 Å². The quantitative estimate of drug-likeness (QED) is 0.347. The van der Waals surface area contributed by atoms with E-state index >= 15 is 0 Å². The molecule has 0 saturated heterocycles. The Morgan fingerprint density at radius 3 is 2.52 bits per heavy atom. The molecular formula is C21H23NO3. The summed E-state index contributed by atoms with van der Waals surface area (Å²) in [6.45, 7) is 1.92. The normalized spacial score (nSPS) is 11.0. The minimum absolute atomic E-state index is 0.146. The van der Waals surface area contributed by atoms with Crippen LogP contribution in [-0.4, -0.2) is 25.3 Å². The van der Waals surface area contributed by atoms with E-state index < -0.39 is 0 Å². The Hall–Kier alpha value is -2.88. The number of ketones is 1. The van der Waals surface area contributed by atoms with Crippen LogP contribution in [0.5, 0.6) is 5.75 Å². The number of Topliss-reactive ketones (excluding diaryl/α,β-unsaturated/α-hetero) is 1. The Labute approximate surface area is 148 Å². The molecule has 0 aliphatic rings. The molecule has 1 amide bonds. The van der Waals surface area contributed by atoms with Crippen LogP contribution >= 0.6 is 0 Å². The van der Waals surface area contributed by atoms with Gasteiger partial charge < -0.3 is 10.1 Å². The lowest BCUT2D eigenvalue weighted by atomic mass is 10.1. The van der Waals surface area contributed by atoms with Gasteiger partial charge >= 0.3 is 0 Å². The van der Waals surface area contributed by atoms with Crippen LogP contribution in [-0.2, 0) is 16.0 Å². The first-order chi connectivity index (χ1) is 12.1. The van der Waals surface area contributed by atoms with Crippen LogP contribution in [0.1, 0.15) is 24.5 Å². The summed E-state index contributed by atoms with van der Waals surface area (Å²) >= 11 is 0. The third kappa shape index (κ3) is 5.92. The van der Waals surface area contributed by atoms with Crippen LogP contribution < -0.4 is 10.1 Å². The van der Waals surface area contributed by atoms with Crippen molar-refractivity contribution < 1.29 is 14.3 Å². The van der Waals surface area contributed by atoms with Gasteiger partial charge in [-0.05, 0) is 49.1 Å². The minimum atomic E-state index is -0.344. The lowest BCUT2D eigenvalue weighted by Crippen LogP contribution is -2.28. The number of hydrogen-bond donors (Lipinski definition) is 1. The smallest absolute Gasteiger partial charge is 0.254 e. The van der Waals surface area contributed by atoms with Crippen molar-refractivity contribution in [2.45, 2.75) is 19.8 Å². The van der Waals surface area contributed by atoms with Gasteiger partial charge in [0, 0.05) is 6.54 Å². The molecule has 2 aromatic rings. The van der Waals surface area contributed by atoms with Gasteiger partial charge in [0.1, 0.15) is 5.75 Å². The maximum Gasteiger partial charge on any atom is 0.254 e. The van der Waals surface area contributed by atoms with Crippen molar-refractivity contribution in [3.8, 4) is 5.75 Å². The maximum absolute atomic E-state index is 12.3. The molecule has 4 nitrogen and oxygen atoms in total. The zero-order valence-corrected chi connectivity index (χ0v) is 14.6. The van der Waals surface area contributed by atoms with E-state index in [1.807, 2.05) is 36.4 Å². The molecule has 0 bridgehead atoms. The van der Waals surface area contributed by atoms with E-state index in [-0.39, 0.29) is 17.3 Å². The Morgan fingerprint density at radius 1 is 1.08 bits per heavy atom. The second-order valence-corrected chi connectivity index (χ2v) is 5.74. The summed E-state index contributed by atoms with van der Waals surface area (Å²) in [6.07, 6.45) is 3.30. The number of amides is 1. The number of ether oxygens (including phenoxy) is 1. The van der Waals surface area contributed by atoms with E-state index in [0.717, 1.165) is 18.4 Å². The Balaban J connectivity index is 1.95. The van der Waals surface area contributed by atoms with Gasteiger partial charge in [0.15, 0.2) is 5.78 Å². The van der Waals surface area contributed by atoms with Gasteiger partial charge in [-0.2, -0.15) is 0 Å². The number of rotatable bonds is 8. The topological polar surface area (TPSA) is 55.4 Å². The summed E-state index contributed by atoms with van der Waals surface area (Å²) < 4.78 is 5.16. The van der Waals surface area contributed by atoms with Gasteiger partial charge in [-0.3, -0.25) is 9.59 Å². The van der Waals surface area contributed by atoms with E-state index in [1.54, 1.807) is 19.3 Å². The highest BCUT2D eigenvalue weighted by Crippen LogP contribution is 2.16. The molecule has 4 heteroatoms. The molecule has 0 unspecified atom stereocenters. The van der Waals surface area contributed by atoms with Crippen molar-refractivity contribution >= 4 is 17.8 Å².